The van der Waals surface area contributed by atoms with E-state index in [-0.39, 0.29) is 43.5 Å². The molecule has 0 radical (unpaired) electrons. The van der Waals surface area contributed by atoms with Crippen molar-refractivity contribution >= 4 is 12.0 Å². The summed E-state index contributed by atoms with van der Waals surface area (Å²) in [5.74, 6) is -1.17. The van der Waals surface area contributed by atoms with Crippen molar-refractivity contribution in [3.05, 3.63) is 23.8 Å². The molecule has 1 fully saturated rings. The van der Waals surface area contributed by atoms with Gasteiger partial charge in [0.1, 0.15) is 12.2 Å². The van der Waals surface area contributed by atoms with Gasteiger partial charge in [0.15, 0.2) is 11.6 Å². The first-order valence-electron chi connectivity index (χ1n) is 6.13. The molecule has 1 N–H and O–H groups in total. The van der Waals surface area contributed by atoms with Crippen LogP contribution >= 0.6 is 0 Å². The summed E-state index contributed by atoms with van der Waals surface area (Å²) < 4.78 is 19.0. The van der Waals surface area contributed by atoms with Crippen molar-refractivity contribution in [3.63, 3.8) is 0 Å². The number of amides is 2. The number of piperazine rings is 1. The van der Waals surface area contributed by atoms with Gasteiger partial charge in [0.2, 0.25) is 0 Å². The van der Waals surface area contributed by atoms with Crippen molar-refractivity contribution in [1.29, 1.82) is 0 Å². The lowest BCUT2D eigenvalue weighted by Gasteiger charge is -2.38. The van der Waals surface area contributed by atoms with E-state index in [4.69, 9.17) is 9.84 Å². The van der Waals surface area contributed by atoms with Gasteiger partial charge in [-0.3, -0.25) is 9.78 Å². The minimum atomic E-state index is -1.04. The number of hydrogen-bond donors (Lipinski definition) is 1. The van der Waals surface area contributed by atoms with E-state index in [1.54, 1.807) is 0 Å². The van der Waals surface area contributed by atoms with Crippen LogP contribution in [0.2, 0.25) is 0 Å². The predicted molar refractivity (Wildman–Crippen MR) is 64.1 cm³/mol. The standard InChI is InChI=1S/C12H12FN3O4/c13-9-4-14-3-8-10(9)20-6-7-5-15(12(18)19)1-2-16(7)11(8)17/h3-4,7H,1-2,5-6H2,(H,18,19). The Hall–Kier alpha value is -2.38. The third-order valence-corrected chi connectivity index (χ3v) is 3.52. The second kappa shape index (κ2) is 4.62. The third-order valence-electron chi connectivity index (χ3n) is 3.52. The van der Waals surface area contributed by atoms with Crippen LogP contribution in [-0.2, 0) is 0 Å². The maximum Gasteiger partial charge on any atom is 0.407 e. The second-order valence-corrected chi connectivity index (χ2v) is 4.69. The molecule has 1 aromatic heterocycles. The van der Waals surface area contributed by atoms with E-state index in [1.807, 2.05) is 0 Å². The van der Waals surface area contributed by atoms with Gasteiger partial charge in [-0.2, -0.15) is 0 Å². The van der Waals surface area contributed by atoms with Gasteiger partial charge in [-0.15, -0.1) is 0 Å². The zero-order valence-corrected chi connectivity index (χ0v) is 10.5. The van der Waals surface area contributed by atoms with E-state index in [0.717, 1.165) is 6.20 Å². The number of hydrogen-bond acceptors (Lipinski definition) is 4. The molecule has 1 atom stereocenters. The number of halogens is 1. The minimum Gasteiger partial charge on any atom is -0.487 e. The molecule has 0 spiro atoms. The molecule has 7 nitrogen and oxygen atoms in total. The normalized spacial score (nSPS) is 21.6. The summed E-state index contributed by atoms with van der Waals surface area (Å²) in [6, 6.07) is -0.417. The highest BCUT2D eigenvalue weighted by Gasteiger charge is 2.37. The minimum absolute atomic E-state index is 0.0590. The van der Waals surface area contributed by atoms with E-state index in [9.17, 15) is 14.0 Å². The lowest BCUT2D eigenvalue weighted by Crippen LogP contribution is -2.57. The molecule has 1 aromatic rings. The summed E-state index contributed by atoms with van der Waals surface area (Å²) in [4.78, 5) is 29.8. The Morgan fingerprint density at radius 1 is 1.45 bits per heavy atom. The summed E-state index contributed by atoms with van der Waals surface area (Å²) in [7, 11) is 0. The van der Waals surface area contributed by atoms with Gasteiger partial charge >= 0.3 is 6.09 Å². The molecule has 0 saturated carbocycles. The highest BCUT2D eigenvalue weighted by Crippen LogP contribution is 2.28. The molecule has 106 valence electrons. The fraction of sp³-hybridized carbons (Fsp3) is 0.417. The van der Waals surface area contributed by atoms with E-state index in [0.29, 0.717) is 0 Å². The molecule has 1 unspecified atom stereocenters. The maximum atomic E-state index is 13.6. The fourth-order valence-electron chi connectivity index (χ4n) is 2.50. The van der Waals surface area contributed by atoms with E-state index < -0.39 is 18.0 Å². The zero-order valence-electron chi connectivity index (χ0n) is 10.5. The number of fused-ring (bicyclic) bond motifs is 2. The van der Waals surface area contributed by atoms with Crippen LogP contribution in [0.15, 0.2) is 12.4 Å². The molecule has 2 aliphatic heterocycles. The third kappa shape index (κ3) is 1.93. The summed E-state index contributed by atoms with van der Waals surface area (Å²) in [6.07, 6.45) is 1.22. The van der Waals surface area contributed by atoms with Crippen molar-refractivity contribution in [2.45, 2.75) is 6.04 Å². The quantitative estimate of drug-likeness (QED) is 0.745. The lowest BCUT2D eigenvalue weighted by molar-refractivity contribution is 0.0388. The van der Waals surface area contributed by atoms with Gasteiger partial charge in [0.05, 0.1) is 12.2 Å². The van der Waals surface area contributed by atoms with Gasteiger partial charge in [0.25, 0.3) is 5.91 Å². The van der Waals surface area contributed by atoms with Crippen LogP contribution in [0.1, 0.15) is 10.4 Å². The van der Waals surface area contributed by atoms with Crippen molar-refractivity contribution in [2.24, 2.45) is 0 Å². The van der Waals surface area contributed by atoms with Gasteiger partial charge in [-0.05, 0) is 0 Å². The summed E-state index contributed by atoms with van der Waals surface area (Å²) in [5, 5.41) is 8.99. The summed E-state index contributed by atoms with van der Waals surface area (Å²) in [6.45, 7) is 0.707. The number of pyridine rings is 1. The van der Waals surface area contributed by atoms with Gasteiger partial charge in [0, 0.05) is 25.8 Å². The number of ether oxygens (including phenoxy) is 1. The number of carbonyl (C=O) groups excluding carboxylic acids is 1. The maximum absolute atomic E-state index is 13.6. The van der Waals surface area contributed by atoms with Crippen LogP contribution in [0.25, 0.3) is 0 Å². The van der Waals surface area contributed by atoms with E-state index >= 15 is 0 Å². The van der Waals surface area contributed by atoms with Crippen LogP contribution in [0, 0.1) is 5.82 Å². The average molecular weight is 281 g/mol. The first kappa shape index (κ1) is 12.6. The molecule has 0 aromatic carbocycles. The lowest BCUT2D eigenvalue weighted by atomic mass is 10.1. The number of aromatic nitrogens is 1. The summed E-state index contributed by atoms with van der Waals surface area (Å²) >= 11 is 0. The largest absolute Gasteiger partial charge is 0.487 e. The van der Waals surface area contributed by atoms with Crippen LogP contribution < -0.4 is 4.74 Å². The van der Waals surface area contributed by atoms with E-state index in [2.05, 4.69) is 4.98 Å². The van der Waals surface area contributed by atoms with E-state index in [1.165, 1.54) is 16.0 Å². The Bertz CT molecular complexity index is 580. The number of rotatable bonds is 0. The molecular formula is C12H12FN3O4. The predicted octanol–water partition coefficient (Wildman–Crippen LogP) is 0.418. The first-order chi connectivity index (χ1) is 9.58. The molecule has 1 saturated heterocycles. The van der Waals surface area contributed by atoms with Crippen LogP contribution in [0.5, 0.6) is 5.75 Å². The second-order valence-electron chi connectivity index (χ2n) is 4.69. The Balaban J connectivity index is 1.92. The van der Waals surface area contributed by atoms with Crippen molar-refractivity contribution < 1.29 is 23.8 Å². The van der Waals surface area contributed by atoms with Crippen LogP contribution in [0.3, 0.4) is 0 Å². The van der Waals surface area contributed by atoms with Gasteiger partial charge in [-0.1, -0.05) is 0 Å². The SMILES string of the molecule is O=C(O)N1CCN2C(=O)c3cncc(F)c3OCC2C1. The molecule has 2 amide bonds. The topological polar surface area (TPSA) is 83.0 Å². The fourth-order valence-corrected chi connectivity index (χ4v) is 2.50. The van der Waals surface area contributed by atoms with Crippen molar-refractivity contribution in [3.8, 4) is 5.75 Å². The Morgan fingerprint density at radius 2 is 2.25 bits per heavy atom. The van der Waals surface area contributed by atoms with Gasteiger partial charge < -0.3 is 19.6 Å². The van der Waals surface area contributed by atoms with Crippen molar-refractivity contribution in [1.82, 2.24) is 14.8 Å². The Kier molecular flexibility index (Phi) is 2.92. The number of nitrogens with zero attached hydrogens (tertiary/aromatic N) is 3. The molecule has 2 aliphatic rings. The Labute approximate surface area is 113 Å². The number of carbonyl (C=O) groups is 2. The first-order valence-corrected chi connectivity index (χ1v) is 6.13. The summed E-state index contributed by atoms with van der Waals surface area (Å²) in [5.41, 5.74) is 0.0799. The molecular weight excluding hydrogens is 269 g/mol. The Morgan fingerprint density at radius 3 is 3.00 bits per heavy atom. The smallest absolute Gasteiger partial charge is 0.407 e. The highest BCUT2D eigenvalue weighted by atomic mass is 19.1. The molecule has 0 aliphatic carbocycles. The van der Waals surface area contributed by atoms with Crippen molar-refractivity contribution in [2.75, 3.05) is 26.2 Å². The zero-order chi connectivity index (χ0) is 14.3. The van der Waals surface area contributed by atoms with Crippen LogP contribution in [0.4, 0.5) is 9.18 Å². The molecule has 3 heterocycles. The van der Waals surface area contributed by atoms with Gasteiger partial charge in [-0.25, -0.2) is 9.18 Å². The molecule has 20 heavy (non-hydrogen) atoms. The highest BCUT2D eigenvalue weighted by molar-refractivity contribution is 5.97. The average Bonchev–Trinajstić information content (AvgIpc) is 2.57. The monoisotopic (exact) mass is 281 g/mol. The molecule has 8 heteroatoms. The number of carboxylic acid groups (broad SMARTS) is 1. The molecule has 3 rings (SSSR count). The van der Waals surface area contributed by atoms with Crippen LogP contribution in [-0.4, -0.2) is 64.2 Å². The molecule has 0 bridgehead atoms.